The summed E-state index contributed by atoms with van der Waals surface area (Å²) in [4.78, 5) is 73.0. The molecule has 19 heteroatoms. The van der Waals surface area contributed by atoms with Crippen molar-refractivity contribution in [2.75, 3.05) is 39.6 Å². The third-order valence-corrected chi connectivity index (χ3v) is 21.3. The topological polar surface area (TPSA) is 237 Å². The molecule has 0 fully saturated rings. The summed E-state index contributed by atoms with van der Waals surface area (Å²) in [5, 5.41) is 10.6. The summed E-state index contributed by atoms with van der Waals surface area (Å²) in [7, 11) is -9.92. The molecule has 0 spiro atoms. The first-order chi connectivity index (χ1) is 49.2. The molecular formula is C83H162O17P2. The minimum atomic E-state index is -4.96. The van der Waals surface area contributed by atoms with Crippen LogP contribution in [0.15, 0.2) is 0 Å². The second-order valence-electron chi connectivity index (χ2n) is 31.3. The third-order valence-electron chi connectivity index (χ3n) is 19.4. The summed E-state index contributed by atoms with van der Waals surface area (Å²) in [5.41, 5.74) is 0. The van der Waals surface area contributed by atoms with Gasteiger partial charge in [0, 0.05) is 25.7 Å². The molecule has 3 N–H and O–H groups in total. The fraction of sp³-hybridized carbons (Fsp3) is 0.952. The summed E-state index contributed by atoms with van der Waals surface area (Å²) >= 11 is 0. The monoisotopic (exact) mass is 1490 g/mol. The predicted octanol–water partition coefficient (Wildman–Crippen LogP) is 24.9. The van der Waals surface area contributed by atoms with Crippen molar-refractivity contribution < 1.29 is 80.2 Å². The molecule has 0 aliphatic carbocycles. The van der Waals surface area contributed by atoms with Crippen molar-refractivity contribution in [3.63, 3.8) is 0 Å². The standard InChI is InChI=1S/C83H162O17P2/c1-8-9-10-11-12-33-43-50-57-64-80(85)93-70-78(99-83(88)67-60-53-46-39-32-26-29-36-42-49-56-63-76(6)7)72-97-101(89,90)95-68-77(84)69-96-102(91,92)98-73-79(71-94-81(86)65-58-51-44-37-30-24-21-17-19-23-28-35-41-48-55-62-75(4)5)100-82(87)66-59-52-45-38-31-25-20-16-14-13-15-18-22-27-34-40-47-54-61-74(2)3/h74-79,84H,8-73H2,1-7H3,(H,89,90)(H,91,92)/t77-,78+,79+/m0/s1. The highest BCUT2D eigenvalue weighted by atomic mass is 31.2. The first kappa shape index (κ1) is 100. The molecule has 0 aromatic rings. The number of phosphoric ester groups is 2. The van der Waals surface area contributed by atoms with E-state index in [1.165, 1.54) is 244 Å². The van der Waals surface area contributed by atoms with Crippen LogP contribution in [0.25, 0.3) is 0 Å². The van der Waals surface area contributed by atoms with E-state index in [1.807, 2.05) is 0 Å². The summed E-state index contributed by atoms with van der Waals surface area (Å²) in [6, 6.07) is 0. The fourth-order valence-electron chi connectivity index (χ4n) is 12.8. The fourth-order valence-corrected chi connectivity index (χ4v) is 14.4. The van der Waals surface area contributed by atoms with E-state index in [0.29, 0.717) is 25.7 Å². The predicted molar refractivity (Wildman–Crippen MR) is 418 cm³/mol. The number of esters is 4. The number of ether oxygens (including phenoxy) is 4. The third kappa shape index (κ3) is 76.3. The largest absolute Gasteiger partial charge is 0.472 e. The van der Waals surface area contributed by atoms with Crippen molar-refractivity contribution in [2.45, 2.75) is 452 Å². The number of aliphatic hydroxyl groups excluding tert-OH is 1. The Morgan fingerprint density at radius 3 is 0.667 bits per heavy atom. The van der Waals surface area contributed by atoms with Gasteiger partial charge in [0.1, 0.15) is 19.3 Å². The van der Waals surface area contributed by atoms with E-state index in [-0.39, 0.29) is 25.7 Å². The summed E-state index contributed by atoms with van der Waals surface area (Å²) in [6.07, 6.45) is 62.5. The minimum absolute atomic E-state index is 0.106. The summed E-state index contributed by atoms with van der Waals surface area (Å²) in [5.74, 6) is 0.283. The van der Waals surface area contributed by atoms with Crippen LogP contribution in [0.2, 0.25) is 0 Å². The van der Waals surface area contributed by atoms with Gasteiger partial charge in [-0.25, -0.2) is 9.13 Å². The number of hydrogen-bond acceptors (Lipinski definition) is 15. The van der Waals surface area contributed by atoms with E-state index < -0.39 is 97.5 Å². The lowest BCUT2D eigenvalue weighted by atomic mass is 10.0. The van der Waals surface area contributed by atoms with Gasteiger partial charge in [0.05, 0.1) is 26.4 Å². The Hall–Kier alpha value is -1.94. The Bertz CT molecular complexity index is 1970. The van der Waals surface area contributed by atoms with E-state index in [9.17, 15) is 43.2 Å². The number of carbonyl (C=O) groups excluding carboxylic acids is 4. The number of aliphatic hydroxyl groups is 1. The molecule has 0 saturated heterocycles. The Balaban J connectivity index is 5.21. The molecule has 0 aromatic carbocycles. The van der Waals surface area contributed by atoms with Crippen molar-refractivity contribution in [1.29, 1.82) is 0 Å². The molecule has 102 heavy (non-hydrogen) atoms. The molecule has 606 valence electrons. The SMILES string of the molecule is CCCCCCCCCCCC(=O)OC[C@H](COP(=O)(O)OC[C@H](O)COP(=O)(O)OC[C@@H](COC(=O)CCCCCCCCCCCCCCCCCC(C)C)OC(=O)CCCCCCCCCCCCCCCCCCCCC(C)C)OC(=O)CCCCCCCCCCCCCC(C)C. The lowest BCUT2D eigenvalue weighted by Gasteiger charge is -2.21. The maximum atomic E-state index is 13.1. The molecule has 0 aromatic heterocycles. The van der Waals surface area contributed by atoms with Crippen molar-refractivity contribution in [3.05, 3.63) is 0 Å². The zero-order chi connectivity index (χ0) is 75.1. The van der Waals surface area contributed by atoms with Crippen LogP contribution in [0.3, 0.4) is 0 Å². The van der Waals surface area contributed by atoms with Gasteiger partial charge < -0.3 is 33.8 Å². The van der Waals surface area contributed by atoms with Gasteiger partial charge in [-0.2, -0.15) is 0 Å². The highest BCUT2D eigenvalue weighted by molar-refractivity contribution is 7.47. The molecule has 0 rings (SSSR count). The number of rotatable bonds is 81. The summed E-state index contributed by atoms with van der Waals surface area (Å²) < 4.78 is 68.7. The van der Waals surface area contributed by atoms with Crippen LogP contribution in [0.1, 0.15) is 434 Å². The van der Waals surface area contributed by atoms with E-state index in [0.717, 1.165) is 108 Å². The van der Waals surface area contributed by atoms with Gasteiger partial charge in [0.15, 0.2) is 12.2 Å². The van der Waals surface area contributed by atoms with Crippen LogP contribution in [0.5, 0.6) is 0 Å². The quantitative estimate of drug-likeness (QED) is 0.0222. The molecular weight excluding hydrogens is 1330 g/mol. The molecule has 0 radical (unpaired) electrons. The van der Waals surface area contributed by atoms with Gasteiger partial charge in [-0.15, -0.1) is 0 Å². The summed E-state index contributed by atoms with van der Waals surface area (Å²) in [6.45, 7) is 12.0. The van der Waals surface area contributed by atoms with Gasteiger partial charge >= 0.3 is 39.5 Å². The average Bonchev–Trinajstić information content (AvgIpc) is 0.938. The second-order valence-corrected chi connectivity index (χ2v) is 34.2. The molecule has 0 aliphatic heterocycles. The van der Waals surface area contributed by atoms with Crippen molar-refractivity contribution >= 4 is 39.5 Å². The van der Waals surface area contributed by atoms with E-state index in [4.69, 9.17) is 37.0 Å². The minimum Gasteiger partial charge on any atom is -0.462 e. The number of phosphoric acid groups is 2. The molecule has 0 saturated carbocycles. The van der Waals surface area contributed by atoms with E-state index in [1.54, 1.807) is 0 Å². The van der Waals surface area contributed by atoms with Gasteiger partial charge in [-0.05, 0) is 43.4 Å². The molecule has 17 nitrogen and oxygen atoms in total. The number of carbonyl (C=O) groups is 4. The highest BCUT2D eigenvalue weighted by Crippen LogP contribution is 2.45. The highest BCUT2D eigenvalue weighted by Gasteiger charge is 2.30. The van der Waals surface area contributed by atoms with Crippen LogP contribution in [0.4, 0.5) is 0 Å². The van der Waals surface area contributed by atoms with Crippen molar-refractivity contribution in [1.82, 2.24) is 0 Å². The average molecular weight is 1490 g/mol. The molecule has 5 atom stereocenters. The van der Waals surface area contributed by atoms with E-state index in [2.05, 4.69) is 48.5 Å². The van der Waals surface area contributed by atoms with Crippen molar-refractivity contribution in [2.24, 2.45) is 17.8 Å². The van der Waals surface area contributed by atoms with Gasteiger partial charge in [0.2, 0.25) is 0 Å². The van der Waals surface area contributed by atoms with Crippen LogP contribution in [0, 0.1) is 17.8 Å². The van der Waals surface area contributed by atoms with Gasteiger partial charge in [0.25, 0.3) is 0 Å². The Morgan fingerprint density at radius 2 is 0.451 bits per heavy atom. The Labute approximate surface area is 626 Å². The maximum Gasteiger partial charge on any atom is 0.472 e. The molecule has 0 heterocycles. The molecule has 2 unspecified atom stereocenters. The lowest BCUT2D eigenvalue weighted by Crippen LogP contribution is -2.30. The lowest BCUT2D eigenvalue weighted by molar-refractivity contribution is -0.161. The van der Waals surface area contributed by atoms with E-state index >= 15 is 0 Å². The number of hydrogen-bond donors (Lipinski definition) is 3. The first-order valence-electron chi connectivity index (χ1n) is 42.8. The number of unbranched alkanes of at least 4 members (excludes halogenated alkanes) is 49. The normalized spacial score (nSPS) is 13.9. The van der Waals surface area contributed by atoms with Gasteiger partial charge in [-0.3, -0.25) is 37.3 Å². The second kappa shape index (κ2) is 73.2. The molecule has 0 bridgehead atoms. The maximum absolute atomic E-state index is 13.1. The van der Waals surface area contributed by atoms with Crippen molar-refractivity contribution in [3.8, 4) is 0 Å². The van der Waals surface area contributed by atoms with Crippen LogP contribution in [-0.2, 0) is 65.4 Å². The van der Waals surface area contributed by atoms with Crippen LogP contribution in [-0.4, -0.2) is 96.7 Å². The Morgan fingerprint density at radius 1 is 0.265 bits per heavy atom. The zero-order valence-corrected chi connectivity index (χ0v) is 68.9. The first-order valence-corrected chi connectivity index (χ1v) is 45.8. The smallest absolute Gasteiger partial charge is 0.462 e. The molecule has 0 aliphatic rings. The van der Waals surface area contributed by atoms with Crippen LogP contribution < -0.4 is 0 Å². The van der Waals surface area contributed by atoms with Crippen LogP contribution >= 0.6 is 15.6 Å². The molecule has 0 amide bonds. The zero-order valence-electron chi connectivity index (χ0n) is 67.1. The van der Waals surface area contributed by atoms with Gasteiger partial charge in [-0.1, -0.05) is 382 Å². The Kier molecular flexibility index (Phi) is 71.8.